The average molecular weight is 402 g/mol. The highest BCUT2D eigenvalue weighted by molar-refractivity contribution is 6.03. The van der Waals surface area contributed by atoms with Gasteiger partial charge in [0.05, 0.1) is 5.69 Å². The first-order chi connectivity index (χ1) is 14.0. The van der Waals surface area contributed by atoms with Gasteiger partial charge < -0.3 is 15.5 Å². The molecule has 10 nitrogen and oxygen atoms in total. The maximum atomic E-state index is 12.2. The highest BCUT2D eigenvalue weighted by atomic mass is 16.2. The number of nitrogens with zero attached hydrogens (tertiary/aromatic N) is 3. The molecule has 3 rings (SSSR count). The number of hydrogen-bond donors (Lipinski definition) is 3. The highest BCUT2D eigenvalue weighted by Gasteiger charge is 2.29. The Morgan fingerprint density at radius 2 is 2.07 bits per heavy atom. The molecule has 0 aromatic carbocycles. The molecule has 2 aliphatic rings. The molecule has 29 heavy (non-hydrogen) atoms. The minimum atomic E-state index is -0.535. The van der Waals surface area contributed by atoms with Gasteiger partial charge in [0, 0.05) is 37.6 Å². The Morgan fingerprint density at radius 3 is 2.79 bits per heavy atom. The molecule has 5 amide bonds. The molecule has 1 aliphatic heterocycles. The van der Waals surface area contributed by atoms with Crippen LogP contribution in [0.1, 0.15) is 37.8 Å². The average Bonchev–Trinajstić information content (AvgIpc) is 3.02. The Hall–Kier alpha value is -3.04. The Kier molecular flexibility index (Phi) is 7.09. The minimum absolute atomic E-state index is 0.00458. The molecule has 1 aliphatic carbocycles. The van der Waals surface area contributed by atoms with E-state index in [4.69, 9.17) is 0 Å². The largest absolute Gasteiger partial charge is 0.354 e. The van der Waals surface area contributed by atoms with Crippen molar-refractivity contribution in [2.45, 2.75) is 44.6 Å². The molecular formula is C19H26N6O4. The summed E-state index contributed by atoms with van der Waals surface area (Å²) in [5.74, 6) is -0.417. The van der Waals surface area contributed by atoms with Crippen molar-refractivity contribution in [2.75, 3.05) is 19.6 Å². The standard InChI is InChI=1S/C19H26N6O4/c26-16(5-4-15-10-20-6-7-21-15)23-14-3-1-2-13(8-14)9-22-17(27)11-25-12-18(28)24-19(25)29/h6-7,10,13-14H,1-5,8-9,11-12H2,(H,22,27)(H,23,26)(H,24,28,29)/t13-,14+/m1/s1. The Bertz CT molecular complexity index is 756. The van der Waals surface area contributed by atoms with Gasteiger partial charge in [-0.2, -0.15) is 0 Å². The summed E-state index contributed by atoms with van der Waals surface area (Å²) < 4.78 is 0. The third-order valence-corrected chi connectivity index (χ3v) is 5.16. The van der Waals surface area contributed by atoms with Crippen LogP contribution >= 0.6 is 0 Å². The van der Waals surface area contributed by atoms with Crippen molar-refractivity contribution in [2.24, 2.45) is 5.92 Å². The summed E-state index contributed by atoms with van der Waals surface area (Å²) in [4.78, 5) is 56.2. The summed E-state index contributed by atoms with van der Waals surface area (Å²) in [6.07, 6.45) is 9.50. The summed E-state index contributed by atoms with van der Waals surface area (Å²) in [6, 6.07) is -0.436. The molecule has 1 aromatic rings. The van der Waals surface area contributed by atoms with Gasteiger partial charge in [-0.15, -0.1) is 0 Å². The van der Waals surface area contributed by atoms with E-state index in [0.29, 0.717) is 19.4 Å². The second-order valence-corrected chi connectivity index (χ2v) is 7.51. The van der Waals surface area contributed by atoms with Crippen LogP contribution in [0.5, 0.6) is 0 Å². The smallest absolute Gasteiger partial charge is 0.325 e. The summed E-state index contributed by atoms with van der Waals surface area (Å²) in [5.41, 5.74) is 0.792. The maximum absolute atomic E-state index is 12.2. The topological polar surface area (TPSA) is 133 Å². The number of rotatable bonds is 8. The van der Waals surface area contributed by atoms with Crippen molar-refractivity contribution in [1.82, 2.24) is 30.8 Å². The normalized spacial score (nSPS) is 21.6. The van der Waals surface area contributed by atoms with Gasteiger partial charge in [0.1, 0.15) is 13.1 Å². The van der Waals surface area contributed by atoms with Gasteiger partial charge in [-0.25, -0.2) is 4.79 Å². The molecule has 0 spiro atoms. The SMILES string of the molecule is O=C(CN1CC(=O)NC1=O)NC[C@@H]1CCC[C@H](NC(=O)CCc2cnccn2)C1. The molecule has 1 saturated carbocycles. The van der Waals surface area contributed by atoms with Crippen LogP contribution in [0.2, 0.25) is 0 Å². The van der Waals surface area contributed by atoms with E-state index < -0.39 is 11.9 Å². The van der Waals surface area contributed by atoms with Gasteiger partial charge in [-0.1, -0.05) is 6.42 Å². The molecular weight excluding hydrogens is 376 g/mol. The van der Waals surface area contributed by atoms with Gasteiger partial charge >= 0.3 is 6.03 Å². The predicted octanol–water partition coefficient (Wildman–Crippen LogP) is -0.248. The fraction of sp³-hybridized carbons (Fsp3) is 0.579. The van der Waals surface area contributed by atoms with Crippen molar-refractivity contribution < 1.29 is 19.2 Å². The van der Waals surface area contributed by atoms with Crippen LogP contribution in [0.4, 0.5) is 4.79 Å². The molecule has 0 bridgehead atoms. The fourth-order valence-corrected chi connectivity index (χ4v) is 3.71. The van der Waals surface area contributed by atoms with Gasteiger partial charge in [0.15, 0.2) is 0 Å². The number of hydrogen-bond acceptors (Lipinski definition) is 6. The monoisotopic (exact) mass is 402 g/mol. The quantitative estimate of drug-likeness (QED) is 0.514. The Morgan fingerprint density at radius 1 is 1.21 bits per heavy atom. The molecule has 0 radical (unpaired) electrons. The Balaban J connectivity index is 1.35. The number of carbonyl (C=O) groups is 4. The zero-order chi connectivity index (χ0) is 20.6. The number of nitrogens with one attached hydrogen (secondary N) is 3. The van der Waals surface area contributed by atoms with Crippen molar-refractivity contribution >= 4 is 23.8 Å². The minimum Gasteiger partial charge on any atom is -0.354 e. The van der Waals surface area contributed by atoms with Crippen LogP contribution in [-0.2, 0) is 20.8 Å². The highest BCUT2D eigenvalue weighted by Crippen LogP contribution is 2.24. The number of imide groups is 1. The molecule has 0 unspecified atom stereocenters. The van der Waals surface area contributed by atoms with Gasteiger partial charge in [0.25, 0.3) is 0 Å². The van der Waals surface area contributed by atoms with E-state index in [-0.39, 0.29) is 36.9 Å². The molecule has 2 heterocycles. The molecule has 10 heteroatoms. The molecule has 1 aromatic heterocycles. The third kappa shape index (κ3) is 6.51. The molecule has 3 N–H and O–H groups in total. The van der Waals surface area contributed by atoms with Crippen molar-refractivity contribution in [3.8, 4) is 0 Å². The predicted molar refractivity (Wildman–Crippen MR) is 102 cm³/mol. The van der Waals surface area contributed by atoms with Crippen LogP contribution < -0.4 is 16.0 Å². The van der Waals surface area contributed by atoms with E-state index in [2.05, 4.69) is 25.9 Å². The lowest BCUT2D eigenvalue weighted by molar-refractivity contribution is -0.123. The van der Waals surface area contributed by atoms with Crippen LogP contribution in [0.15, 0.2) is 18.6 Å². The lowest BCUT2D eigenvalue weighted by Gasteiger charge is -2.30. The number of aromatic nitrogens is 2. The van der Waals surface area contributed by atoms with E-state index in [1.165, 1.54) is 4.90 Å². The first-order valence-corrected chi connectivity index (χ1v) is 9.89. The van der Waals surface area contributed by atoms with E-state index in [0.717, 1.165) is 31.4 Å². The summed E-state index contributed by atoms with van der Waals surface area (Å²) in [7, 11) is 0. The summed E-state index contributed by atoms with van der Waals surface area (Å²) in [6.45, 7) is 0.277. The lowest BCUT2D eigenvalue weighted by Crippen LogP contribution is -2.43. The fourth-order valence-electron chi connectivity index (χ4n) is 3.71. The van der Waals surface area contributed by atoms with Crippen LogP contribution in [0, 0.1) is 5.92 Å². The molecule has 2 fully saturated rings. The summed E-state index contributed by atoms with van der Waals surface area (Å²) >= 11 is 0. The van der Waals surface area contributed by atoms with Crippen LogP contribution in [0.3, 0.4) is 0 Å². The second-order valence-electron chi connectivity index (χ2n) is 7.51. The van der Waals surface area contributed by atoms with E-state index in [9.17, 15) is 19.2 Å². The van der Waals surface area contributed by atoms with Gasteiger partial charge in [0.2, 0.25) is 17.7 Å². The molecule has 1 saturated heterocycles. The molecule has 2 atom stereocenters. The van der Waals surface area contributed by atoms with E-state index in [1.807, 2.05) is 0 Å². The van der Waals surface area contributed by atoms with E-state index >= 15 is 0 Å². The molecule has 156 valence electrons. The van der Waals surface area contributed by atoms with Gasteiger partial charge in [-0.05, 0) is 31.6 Å². The number of amides is 5. The van der Waals surface area contributed by atoms with Gasteiger partial charge in [-0.3, -0.25) is 29.7 Å². The Labute approximate surface area is 168 Å². The van der Waals surface area contributed by atoms with Crippen molar-refractivity contribution in [3.63, 3.8) is 0 Å². The van der Waals surface area contributed by atoms with Crippen LogP contribution in [0.25, 0.3) is 0 Å². The number of carbonyl (C=O) groups excluding carboxylic acids is 4. The first kappa shape index (κ1) is 20.7. The zero-order valence-electron chi connectivity index (χ0n) is 16.2. The maximum Gasteiger partial charge on any atom is 0.325 e. The van der Waals surface area contributed by atoms with Crippen molar-refractivity contribution in [1.29, 1.82) is 0 Å². The number of aryl methyl sites for hydroxylation is 1. The lowest BCUT2D eigenvalue weighted by atomic mass is 9.85. The number of urea groups is 1. The van der Waals surface area contributed by atoms with Crippen molar-refractivity contribution in [3.05, 3.63) is 24.3 Å². The summed E-state index contributed by atoms with van der Waals surface area (Å²) in [5, 5.41) is 8.06. The first-order valence-electron chi connectivity index (χ1n) is 9.89. The third-order valence-electron chi connectivity index (χ3n) is 5.16. The van der Waals surface area contributed by atoms with E-state index in [1.54, 1.807) is 18.6 Å². The second kappa shape index (κ2) is 9.94. The van der Waals surface area contributed by atoms with Crippen LogP contribution in [-0.4, -0.2) is 64.3 Å². The zero-order valence-corrected chi connectivity index (χ0v) is 16.2.